The maximum atomic E-state index is 5.87. The van der Waals surface area contributed by atoms with Crippen molar-refractivity contribution in [2.45, 2.75) is 32.7 Å². The second-order valence-corrected chi connectivity index (χ2v) is 6.96. The maximum absolute atomic E-state index is 5.87. The van der Waals surface area contributed by atoms with Crippen molar-refractivity contribution in [2.75, 3.05) is 0 Å². The standard InChI is InChI=1S/C16H19IN2O/c1-16(2,3)14-7-11(10-18)8-15(19-14)20-13-6-4-5-12(17)9-13/h4-9H,10,18H2,1-3H3. The predicted octanol–water partition coefficient (Wildman–Crippen LogP) is 4.23. The fourth-order valence-electron chi connectivity index (χ4n) is 1.76. The Hall–Kier alpha value is -1.14. The van der Waals surface area contributed by atoms with Crippen LogP contribution in [0.3, 0.4) is 0 Å². The van der Waals surface area contributed by atoms with Crippen molar-refractivity contribution < 1.29 is 4.74 Å². The number of ether oxygens (including phenoxy) is 1. The summed E-state index contributed by atoms with van der Waals surface area (Å²) in [5, 5.41) is 0. The molecular formula is C16H19IN2O. The molecule has 4 heteroatoms. The minimum atomic E-state index is -0.0333. The van der Waals surface area contributed by atoms with Gasteiger partial charge in [0.05, 0.1) is 5.69 Å². The summed E-state index contributed by atoms with van der Waals surface area (Å²) >= 11 is 2.26. The Morgan fingerprint density at radius 2 is 1.95 bits per heavy atom. The molecule has 106 valence electrons. The van der Waals surface area contributed by atoms with Crippen molar-refractivity contribution in [1.82, 2.24) is 4.98 Å². The molecule has 0 atom stereocenters. The number of nitrogens with two attached hydrogens (primary N) is 1. The highest BCUT2D eigenvalue weighted by atomic mass is 127. The molecule has 0 aliphatic heterocycles. The summed E-state index contributed by atoms with van der Waals surface area (Å²) in [6.45, 7) is 6.87. The highest BCUT2D eigenvalue weighted by molar-refractivity contribution is 14.1. The first-order chi connectivity index (χ1) is 9.38. The van der Waals surface area contributed by atoms with Crippen LogP contribution in [0.4, 0.5) is 0 Å². The average Bonchev–Trinajstić information content (AvgIpc) is 2.37. The van der Waals surface area contributed by atoms with E-state index in [4.69, 9.17) is 10.5 Å². The molecule has 0 saturated heterocycles. The van der Waals surface area contributed by atoms with Crippen LogP contribution in [0.2, 0.25) is 0 Å². The largest absolute Gasteiger partial charge is 0.439 e. The van der Waals surface area contributed by atoms with Gasteiger partial charge in [-0.1, -0.05) is 26.8 Å². The average molecular weight is 382 g/mol. The van der Waals surface area contributed by atoms with Gasteiger partial charge in [0.2, 0.25) is 5.88 Å². The number of halogens is 1. The van der Waals surface area contributed by atoms with E-state index in [0.29, 0.717) is 12.4 Å². The normalized spacial score (nSPS) is 11.4. The summed E-state index contributed by atoms with van der Waals surface area (Å²) in [4.78, 5) is 4.60. The molecule has 20 heavy (non-hydrogen) atoms. The van der Waals surface area contributed by atoms with E-state index in [9.17, 15) is 0 Å². The van der Waals surface area contributed by atoms with Gasteiger partial charge in [0, 0.05) is 21.6 Å². The molecule has 3 nitrogen and oxygen atoms in total. The Labute approximate surface area is 133 Å². The van der Waals surface area contributed by atoms with Gasteiger partial charge in [-0.2, -0.15) is 0 Å². The van der Waals surface area contributed by atoms with Crippen LogP contribution >= 0.6 is 22.6 Å². The van der Waals surface area contributed by atoms with Gasteiger partial charge < -0.3 is 10.5 Å². The predicted molar refractivity (Wildman–Crippen MR) is 90.1 cm³/mol. The quantitative estimate of drug-likeness (QED) is 0.809. The van der Waals surface area contributed by atoms with Crippen molar-refractivity contribution in [3.8, 4) is 11.6 Å². The Morgan fingerprint density at radius 3 is 2.55 bits per heavy atom. The SMILES string of the molecule is CC(C)(C)c1cc(CN)cc(Oc2cccc(I)c2)n1. The second-order valence-electron chi connectivity index (χ2n) is 5.71. The van der Waals surface area contributed by atoms with E-state index >= 15 is 0 Å². The summed E-state index contributed by atoms with van der Waals surface area (Å²) in [5.41, 5.74) is 7.75. The van der Waals surface area contributed by atoms with Gasteiger partial charge in [-0.15, -0.1) is 0 Å². The zero-order valence-electron chi connectivity index (χ0n) is 12.0. The Bertz CT molecular complexity index is 606. The van der Waals surface area contributed by atoms with Crippen LogP contribution in [0.1, 0.15) is 32.0 Å². The molecule has 1 aromatic heterocycles. The molecule has 0 bridgehead atoms. The fourth-order valence-corrected chi connectivity index (χ4v) is 2.28. The molecule has 0 saturated carbocycles. The van der Waals surface area contributed by atoms with Gasteiger partial charge in [-0.25, -0.2) is 4.98 Å². The lowest BCUT2D eigenvalue weighted by atomic mass is 9.91. The van der Waals surface area contributed by atoms with E-state index in [1.807, 2.05) is 36.4 Å². The van der Waals surface area contributed by atoms with Gasteiger partial charge in [-0.05, 0) is 52.4 Å². The number of benzene rings is 1. The number of pyridine rings is 1. The molecule has 0 amide bonds. The van der Waals surface area contributed by atoms with E-state index in [0.717, 1.165) is 20.6 Å². The third-order valence-corrected chi connectivity index (χ3v) is 3.56. The van der Waals surface area contributed by atoms with Crippen LogP contribution in [-0.2, 0) is 12.0 Å². The van der Waals surface area contributed by atoms with Gasteiger partial charge >= 0.3 is 0 Å². The van der Waals surface area contributed by atoms with Crippen molar-refractivity contribution in [3.05, 3.63) is 51.2 Å². The smallest absolute Gasteiger partial charge is 0.219 e. The van der Waals surface area contributed by atoms with Crippen molar-refractivity contribution in [1.29, 1.82) is 0 Å². The Kier molecular flexibility index (Phi) is 4.65. The van der Waals surface area contributed by atoms with Crippen LogP contribution in [0.5, 0.6) is 11.6 Å². The van der Waals surface area contributed by atoms with Crippen LogP contribution in [0.25, 0.3) is 0 Å². The molecule has 0 aliphatic rings. The Balaban J connectivity index is 2.36. The highest BCUT2D eigenvalue weighted by Crippen LogP contribution is 2.27. The third kappa shape index (κ3) is 3.93. The molecule has 2 aromatic rings. The summed E-state index contributed by atoms with van der Waals surface area (Å²) in [6, 6.07) is 11.8. The minimum Gasteiger partial charge on any atom is -0.439 e. The molecule has 1 heterocycles. The monoisotopic (exact) mass is 382 g/mol. The minimum absolute atomic E-state index is 0.0333. The molecule has 0 unspecified atom stereocenters. The first-order valence-corrected chi connectivity index (χ1v) is 7.61. The van der Waals surface area contributed by atoms with Crippen molar-refractivity contribution >= 4 is 22.6 Å². The maximum Gasteiger partial charge on any atom is 0.219 e. The van der Waals surface area contributed by atoms with E-state index < -0.39 is 0 Å². The van der Waals surface area contributed by atoms with Crippen molar-refractivity contribution in [3.63, 3.8) is 0 Å². The Morgan fingerprint density at radius 1 is 1.20 bits per heavy atom. The fraction of sp³-hybridized carbons (Fsp3) is 0.312. The van der Waals surface area contributed by atoms with Crippen LogP contribution < -0.4 is 10.5 Å². The van der Waals surface area contributed by atoms with Gasteiger partial charge in [0.1, 0.15) is 5.75 Å². The molecule has 2 N–H and O–H groups in total. The van der Waals surface area contributed by atoms with Crippen LogP contribution in [0, 0.1) is 3.57 Å². The lowest BCUT2D eigenvalue weighted by molar-refractivity contribution is 0.450. The number of rotatable bonds is 3. The van der Waals surface area contributed by atoms with E-state index in [2.05, 4.69) is 48.3 Å². The number of aromatic nitrogens is 1. The molecule has 1 aromatic carbocycles. The number of nitrogens with zero attached hydrogens (tertiary/aromatic N) is 1. The molecular weight excluding hydrogens is 363 g/mol. The van der Waals surface area contributed by atoms with E-state index in [1.54, 1.807) is 0 Å². The third-order valence-electron chi connectivity index (χ3n) is 2.88. The second kappa shape index (κ2) is 6.10. The van der Waals surface area contributed by atoms with E-state index in [1.165, 1.54) is 0 Å². The van der Waals surface area contributed by atoms with Crippen LogP contribution in [0.15, 0.2) is 36.4 Å². The molecule has 0 aliphatic carbocycles. The zero-order chi connectivity index (χ0) is 14.8. The van der Waals surface area contributed by atoms with Gasteiger partial charge in [0.25, 0.3) is 0 Å². The van der Waals surface area contributed by atoms with Gasteiger partial charge in [0.15, 0.2) is 0 Å². The summed E-state index contributed by atoms with van der Waals surface area (Å²) in [5.74, 6) is 1.39. The first kappa shape index (κ1) is 15.3. The summed E-state index contributed by atoms with van der Waals surface area (Å²) < 4.78 is 7.00. The van der Waals surface area contributed by atoms with Crippen LogP contribution in [-0.4, -0.2) is 4.98 Å². The molecule has 0 spiro atoms. The lowest BCUT2D eigenvalue weighted by Crippen LogP contribution is -2.15. The van der Waals surface area contributed by atoms with Gasteiger partial charge in [-0.3, -0.25) is 0 Å². The summed E-state index contributed by atoms with van der Waals surface area (Å²) in [6.07, 6.45) is 0. The first-order valence-electron chi connectivity index (χ1n) is 6.53. The zero-order valence-corrected chi connectivity index (χ0v) is 14.1. The molecule has 0 radical (unpaired) electrons. The van der Waals surface area contributed by atoms with E-state index in [-0.39, 0.29) is 5.41 Å². The van der Waals surface area contributed by atoms with Crippen molar-refractivity contribution in [2.24, 2.45) is 5.73 Å². The topological polar surface area (TPSA) is 48.1 Å². The highest BCUT2D eigenvalue weighted by Gasteiger charge is 2.17. The number of hydrogen-bond donors (Lipinski definition) is 1. The molecule has 2 rings (SSSR count). The molecule has 0 fully saturated rings. The number of hydrogen-bond acceptors (Lipinski definition) is 3. The lowest BCUT2D eigenvalue weighted by Gasteiger charge is -2.19. The summed E-state index contributed by atoms with van der Waals surface area (Å²) in [7, 11) is 0.